The van der Waals surface area contributed by atoms with Crippen molar-refractivity contribution in [2.75, 3.05) is 0 Å². The van der Waals surface area contributed by atoms with Crippen molar-refractivity contribution < 1.29 is 11.5 Å². The molecular formula is C81H57BCl2N6O2. The molecule has 0 aliphatic carbocycles. The number of aromatic nitrogens is 6. The Morgan fingerprint density at radius 3 is 1.15 bits per heavy atom. The van der Waals surface area contributed by atoms with E-state index < -0.39 is 7.12 Å². The van der Waals surface area contributed by atoms with E-state index in [-0.39, 0.29) is 14.1 Å². The summed E-state index contributed by atoms with van der Waals surface area (Å²) in [6.07, 6.45) is 3.84. The summed E-state index contributed by atoms with van der Waals surface area (Å²) in [5, 5.41) is 35.2. The first-order chi connectivity index (χ1) is 44.7. The Hall–Kier alpha value is -11.0. The molecule has 0 aliphatic heterocycles. The highest BCUT2D eigenvalue weighted by atomic mass is 35.5. The van der Waals surface area contributed by atoms with E-state index in [0.29, 0.717) is 22.1 Å². The zero-order valence-electron chi connectivity index (χ0n) is 48.7. The molecule has 0 saturated carbocycles. The Kier molecular flexibility index (Phi) is 16.2. The minimum absolute atomic E-state index is 0. The molecule has 0 spiro atoms. The first kappa shape index (κ1) is 58.6. The van der Waals surface area contributed by atoms with Crippen LogP contribution in [0.2, 0.25) is 10.4 Å². The van der Waals surface area contributed by atoms with Crippen molar-refractivity contribution in [3.8, 4) is 67.4 Å². The number of benzene rings is 13. The van der Waals surface area contributed by atoms with Gasteiger partial charge in [0.2, 0.25) is 5.28 Å². The zero-order chi connectivity index (χ0) is 61.4. The molecule has 92 heavy (non-hydrogen) atoms. The summed E-state index contributed by atoms with van der Waals surface area (Å²) in [6.45, 7) is 0. The molecule has 2 N–H and O–H groups in total. The second kappa shape index (κ2) is 25.5. The van der Waals surface area contributed by atoms with Gasteiger partial charge in [-0.25, -0.2) is 19.9 Å². The molecule has 0 amide bonds. The van der Waals surface area contributed by atoms with E-state index in [1.54, 1.807) is 6.07 Å². The highest BCUT2D eigenvalue weighted by Crippen LogP contribution is 2.40. The highest BCUT2D eigenvalue weighted by molar-refractivity contribution is 6.62. The lowest BCUT2D eigenvalue weighted by atomic mass is 9.76. The average Bonchev–Trinajstić information content (AvgIpc) is 0.775. The van der Waals surface area contributed by atoms with E-state index in [9.17, 15) is 10.0 Å². The lowest BCUT2D eigenvalue weighted by Gasteiger charge is -2.15. The van der Waals surface area contributed by atoms with Gasteiger partial charge in [-0.15, -0.1) is 0 Å². The van der Waals surface area contributed by atoms with Crippen LogP contribution < -0.4 is 5.46 Å². The smallest absolute Gasteiger partial charge is 0.423 e. The number of halogens is 2. The van der Waals surface area contributed by atoms with Gasteiger partial charge < -0.3 is 10.0 Å². The van der Waals surface area contributed by atoms with Gasteiger partial charge in [0, 0.05) is 64.0 Å². The van der Waals surface area contributed by atoms with Gasteiger partial charge in [0.15, 0.2) is 5.82 Å². The minimum Gasteiger partial charge on any atom is -0.423 e. The third-order valence-corrected chi connectivity index (χ3v) is 17.1. The van der Waals surface area contributed by atoms with Gasteiger partial charge in [-0.05, 0) is 135 Å². The second-order valence-corrected chi connectivity index (χ2v) is 23.0. The van der Waals surface area contributed by atoms with Gasteiger partial charge >= 0.3 is 7.12 Å². The van der Waals surface area contributed by atoms with E-state index in [0.717, 1.165) is 105 Å². The quantitative estimate of drug-likeness (QED) is 0.0701. The maximum absolute atomic E-state index is 9.44. The van der Waals surface area contributed by atoms with Crippen molar-refractivity contribution in [3.63, 3.8) is 0 Å². The van der Waals surface area contributed by atoms with Crippen LogP contribution in [0.25, 0.3) is 154 Å². The first-order valence-corrected chi connectivity index (χ1v) is 30.6. The first-order valence-electron chi connectivity index (χ1n) is 29.8. The van der Waals surface area contributed by atoms with Crippen LogP contribution >= 0.6 is 23.2 Å². The molecular weight excluding hydrogens is 1170 g/mol. The Labute approximate surface area is 543 Å². The fourth-order valence-electron chi connectivity index (χ4n) is 12.3. The van der Waals surface area contributed by atoms with E-state index in [2.05, 4.69) is 185 Å². The van der Waals surface area contributed by atoms with Crippen LogP contribution in [0.3, 0.4) is 0 Å². The Morgan fingerprint density at radius 2 is 0.663 bits per heavy atom. The second-order valence-electron chi connectivity index (χ2n) is 22.3. The van der Waals surface area contributed by atoms with Crippen molar-refractivity contribution in [2.45, 2.75) is 7.43 Å². The lowest BCUT2D eigenvalue weighted by molar-refractivity contribution is 0.426. The largest absolute Gasteiger partial charge is 0.489 e. The molecule has 4 heterocycles. The van der Waals surface area contributed by atoms with Crippen molar-refractivity contribution in [2.24, 2.45) is 0 Å². The van der Waals surface area contributed by atoms with Gasteiger partial charge in [-0.3, -0.25) is 9.97 Å². The van der Waals surface area contributed by atoms with E-state index >= 15 is 0 Å². The average molecular weight is 1230 g/mol. The molecule has 0 atom stereocenters. The summed E-state index contributed by atoms with van der Waals surface area (Å²) in [5.74, 6) is 0.708. The Bertz CT molecular complexity index is 5490. The third-order valence-electron chi connectivity index (χ3n) is 16.7. The van der Waals surface area contributed by atoms with Crippen molar-refractivity contribution in [1.82, 2.24) is 29.9 Å². The summed E-state index contributed by atoms with van der Waals surface area (Å²) in [6, 6.07) is 97.7. The molecule has 0 aliphatic rings. The predicted molar refractivity (Wildman–Crippen MR) is 387 cm³/mol. The van der Waals surface area contributed by atoms with Gasteiger partial charge in [0.05, 0.1) is 28.1 Å². The van der Waals surface area contributed by atoms with E-state index in [4.69, 9.17) is 38.2 Å². The lowest BCUT2D eigenvalue weighted by Crippen LogP contribution is -2.30. The predicted octanol–water partition coefficient (Wildman–Crippen LogP) is 20.5. The fraction of sp³-hybridized carbons (Fsp3) is 0.0123. The number of para-hydroxylation sites is 2. The van der Waals surface area contributed by atoms with Gasteiger partial charge in [-0.2, -0.15) is 0 Å². The van der Waals surface area contributed by atoms with Crippen LogP contribution in [0.5, 0.6) is 0 Å². The summed E-state index contributed by atoms with van der Waals surface area (Å²) >= 11 is 11.8. The van der Waals surface area contributed by atoms with Crippen LogP contribution in [0, 0.1) is 0 Å². The van der Waals surface area contributed by atoms with Crippen LogP contribution in [-0.2, 0) is 0 Å². The van der Waals surface area contributed by atoms with Crippen LogP contribution in [0.15, 0.2) is 298 Å². The SMILES string of the molecule is C.Clc1cc(-c2ccc(-c3cnc4ccccc4c3)cc2)nc(Cl)n1.OB(O)c1cc2ccccc2c2ccccc12.[2HH].c1ccc2ncc(-c3ccc(-c4cc(-c5cc6ccccc6c6ccccc56)nc(-c5cc6ccccc6c6ccccc56)n4)cc3)cc2c1. The van der Waals surface area contributed by atoms with Gasteiger partial charge in [0.25, 0.3) is 0 Å². The fourth-order valence-corrected chi connectivity index (χ4v) is 12.7. The molecule has 4 aromatic heterocycles. The minimum atomic E-state index is -1.44. The summed E-state index contributed by atoms with van der Waals surface area (Å²) < 4.78 is 0. The number of hydrogen-bond acceptors (Lipinski definition) is 8. The number of rotatable bonds is 7. The monoisotopic (exact) mass is 1230 g/mol. The molecule has 440 valence electrons. The summed E-state index contributed by atoms with van der Waals surface area (Å²) in [7, 11) is -1.44. The summed E-state index contributed by atoms with van der Waals surface area (Å²) in [4.78, 5) is 28.0. The standard InChI is InChI=1S/C47H29N3.C19H11Cl2N3.C14H11BO2.CH4.H2/c1-4-14-36-32(11-1)26-42(40-18-8-6-16-38(36)40)46-28-45(31-23-21-30(22-24-31)35-25-34-13-3-10-20-44(34)48-29-35)49-47(50-46)43-27-33-12-2-5-15-37(33)39-17-7-9-19-41(39)43;20-18-10-17(23-19(21)24-18)13-7-5-12(6-8-13)15-9-14-3-1-2-4-16(14)22-11-15;16-15(17)14-9-10-5-1-2-6-11(10)12-7-3-4-8-13(12)14;;/h1-29H;1-11H;1-9,16-17H;1H4;1H/i;;;;1+1. The molecule has 0 fully saturated rings. The topological polar surface area (TPSA) is 118 Å². The Morgan fingerprint density at radius 1 is 0.293 bits per heavy atom. The molecule has 8 nitrogen and oxygen atoms in total. The van der Waals surface area contributed by atoms with Crippen LogP contribution in [0.4, 0.5) is 0 Å². The molecule has 11 heteroatoms. The molecule has 0 radical (unpaired) electrons. The van der Waals surface area contributed by atoms with Crippen molar-refractivity contribution in [3.05, 3.63) is 308 Å². The normalized spacial score (nSPS) is 11.2. The van der Waals surface area contributed by atoms with E-state index in [1.807, 2.05) is 122 Å². The Balaban J connectivity index is 0.000000151. The highest BCUT2D eigenvalue weighted by Gasteiger charge is 2.19. The molecule has 17 rings (SSSR count). The molecule has 17 aromatic rings. The van der Waals surface area contributed by atoms with E-state index in [1.165, 1.54) is 37.7 Å². The molecule has 0 bridgehead atoms. The maximum Gasteiger partial charge on any atom is 0.489 e. The summed E-state index contributed by atoms with van der Waals surface area (Å²) in [5.41, 5.74) is 13.4. The van der Waals surface area contributed by atoms with Crippen molar-refractivity contribution >= 4 is 122 Å². The number of pyridine rings is 2. The third kappa shape index (κ3) is 11.7. The molecule has 0 unspecified atom stereocenters. The zero-order valence-corrected chi connectivity index (χ0v) is 50.2. The molecule has 0 saturated heterocycles. The maximum atomic E-state index is 9.44. The number of fused-ring (bicyclic) bond motifs is 11. The van der Waals surface area contributed by atoms with Crippen molar-refractivity contribution in [1.29, 1.82) is 0 Å². The van der Waals surface area contributed by atoms with Gasteiger partial charge in [0.1, 0.15) is 5.15 Å². The molecule has 13 aromatic carbocycles. The van der Waals surface area contributed by atoms with Crippen LogP contribution in [0.1, 0.15) is 8.85 Å². The number of hydrogen-bond donors (Lipinski definition) is 2. The van der Waals surface area contributed by atoms with Gasteiger partial charge in [-0.1, -0.05) is 256 Å². The number of nitrogens with zero attached hydrogens (tertiary/aromatic N) is 6. The van der Waals surface area contributed by atoms with Crippen LogP contribution in [-0.4, -0.2) is 47.1 Å².